The third-order valence-corrected chi connectivity index (χ3v) is 5.75. The number of hydrogen-bond acceptors (Lipinski definition) is 2. The lowest BCUT2D eigenvalue weighted by Crippen LogP contribution is -2.32. The Kier molecular flexibility index (Phi) is 5.01. The molecule has 0 N–H and O–H groups in total. The van der Waals surface area contributed by atoms with E-state index in [0.29, 0.717) is 17.9 Å². The van der Waals surface area contributed by atoms with E-state index in [2.05, 4.69) is 0 Å². The molecule has 1 aromatic carbocycles. The minimum atomic E-state index is -0.834. The highest BCUT2D eigenvalue weighted by atomic mass is 32.2. The number of carbonyl (C=O) groups is 1. The van der Waals surface area contributed by atoms with Gasteiger partial charge in [-0.15, -0.1) is 0 Å². The van der Waals surface area contributed by atoms with E-state index < -0.39 is 11.6 Å². The smallest absolute Gasteiger partial charge is 0.223 e. The van der Waals surface area contributed by atoms with Crippen LogP contribution in [0.4, 0.5) is 8.78 Å². The fraction of sp³-hybridized carbons (Fsp3) is 0.588. The summed E-state index contributed by atoms with van der Waals surface area (Å²) in [6, 6.07) is 3.90. The molecular weight excluding hydrogens is 304 g/mol. The van der Waals surface area contributed by atoms with Crippen molar-refractivity contribution in [3.8, 4) is 0 Å². The van der Waals surface area contributed by atoms with Crippen molar-refractivity contribution in [3.05, 3.63) is 35.4 Å². The Morgan fingerprint density at radius 3 is 2.68 bits per heavy atom. The molecule has 0 aliphatic carbocycles. The molecule has 2 nitrogen and oxygen atoms in total. The molecule has 1 amide bonds. The first-order chi connectivity index (χ1) is 10.6. The van der Waals surface area contributed by atoms with Crippen molar-refractivity contribution in [2.75, 3.05) is 18.1 Å². The second kappa shape index (κ2) is 6.99. The summed E-state index contributed by atoms with van der Waals surface area (Å²) in [6.07, 6.45) is 4.58. The highest BCUT2D eigenvalue weighted by Crippen LogP contribution is 2.34. The summed E-state index contributed by atoms with van der Waals surface area (Å²) < 4.78 is 26.5. The first-order valence-corrected chi connectivity index (χ1v) is 9.13. The fourth-order valence-electron chi connectivity index (χ4n) is 3.45. The third-order valence-electron chi connectivity index (χ3n) is 4.71. The van der Waals surface area contributed by atoms with Gasteiger partial charge in [0.25, 0.3) is 0 Å². The van der Waals surface area contributed by atoms with Gasteiger partial charge in [0.1, 0.15) is 0 Å². The summed E-state index contributed by atoms with van der Waals surface area (Å²) in [5, 5.41) is 0. The Hall–Kier alpha value is -1.10. The molecule has 1 atom stereocenters. The number of benzene rings is 1. The molecule has 2 aliphatic rings. The first-order valence-electron chi connectivity index (χ1n) is 7.97. The molecule has 2 fully saturated rings. The summed E-state index contributed by atoms with van der Waals surface area (Å²) in [5.74, 6) is 1.28. The number of likely N-dealkylation sites (tertiary alicyclic amines) is 1. The van der Waals surface area contributed by atoms with Gasteiger partial charge in [-0.1, -0.05) is 6.07 Å². The zero-order valence-electron chi connectivity index (χ0n) is 12.6. The Morgan fingerprint density at radius 2 is 1.95 bits per heavy atom. The molecule has 0 saturated carbocycles. The van der Waals surface area contributed by atoms with Gasteiger partial charge in [-0.3, -0.25) is 4.79 Å². The average Bonchev–Trinajstić information content (AvgIpc) is 3.01. The van der Waals surface area contributed by atoms with E-state index in [-0.39, 0.29) is 11.9 Å². The second-order valence-corrected chi connectivity index (χ2v) is 7.40. The van der Waals surface area contributed by atoms with E-state index >= 15 is 0 Å². The van der Waals surface area contributed by atoms with E-state index in [1.165, 1.54) is 6.07 Å². The zero-order valence-corrected chi connectivity index (χ0v) is 13.4. The lowest BCUT2D eigenvalue weighted by atomic mass is 9.97. The Balaban J connectivity index is 1.69. The maximum absolute atomic E-state index is 13.5. The average molecular weight is 325 g/mol. The van der Waals surface area contributed by atoms with Crippen LogP contribution in [-0.4, -0.2) is 28.9 Å². The largest absolute Gasteiger partial charge is 0.336 e. The molecule has 0 unspecified atom stereocenters. The van der Waals surface area contributed by atoms with Gasteiger partial charge >= 0.3 is 0 Å². The van der Waals surface area contributed by atoms with Gasteiger partial charge in [0.05, 0.1) is 6.04 Å². The van der Waals surface area contributed by atoms with Gasteiger partial charge in [0.2, 0.25) is 5.91 Å². The molecule has 5 heteroatoms. The minimum absolute atomic E-state index is 0.0967. The molecule has 2 heterocycles. The van der Waals surface area contributed by atoms with Gasteiger partial charge in [0, 0.05) is 13.0 Å². The monoisotopic (exact) mass is 325 g/mol. The van der Waals surface area contributed by atoms with Crippen molar-refractivity contribution < 1.29 is 13.6 Å². The van der Waals surface area contributed by atoms with E-state index in [1.54, 1.807) is 6.07 Å². The molecule has 120 valence electrons. The number of nitrogens with zero attached hydrogens (tertiary/aromatic N) is 1. The van der Waals surface area contributed by atoms with Crippen molar-refractivity contribution >= 4 is 17.7 Å². The number of thioether (sulfide) groups is 1. The number of hydrogen-bond donors (Lipinski definition) is 0. The molecule has 0 spiro atoms. The molecule has 22 heavy (non-hydrogen) atoms. The molecule has 0 aromatic heterocycles. The maximum atomic E-state index is 13.5. The number of amides is 1. The minimum Gasteiger partial charge on any atom is -0.336 e. The number of halogens is 2. The van der Waals surface area contributed by atoms with Gasteiger partial charge in [0.15, 0.2) is 11.6 Å². The predicted molar refractivity (Wildman–Crippen MR) is 84.7 cm³/mol. The van der Waals surface area contributed by atoms with Crippen LogP contribution in [0.15, 0.2) is 18.2 Å². The first kappa shape index (κ1) is 15.8. The number of carbonyl (C=O) groups excluding carboxylic acids is 1. The van der Waals surface area contributed by atoms with Crippen LogP contribution in [0, 0.1) is 17.6 Å². The maximum Gasteiger partial charge on any atom is 0.223 e. The standard InChI is InChI=1S/C17H21F2NOS/c18-14-4-3-13(11-15(14)19)16-2-1-7-20(16)17(21)10-12-5-8-22-9-6-12/h3-4,11-12,16H,1-2,5-10H2/t16-/m0/s1. The van der Waals surface area contributed by atoms with Gasteiger partial charge in [-0.05, 0) is 60.8 Å². The molecule has 2 aliphatic heterocycles. The van der Waals surface area contributed by atoms with Crippen LogP contribution in [0.1, 0.15) is 43.7 Å². The lowest BCUT2D eigenvalue weighted by Gasteiger charge is -2.28. The predicted octanol–water partition coefficient (Wildman–Crippen LogP) is 4.16. The van der Waals surface area contributed by atoms with Crippen LogP contribution in [0.5, 0.6) is 0 Å². The van der Waals surface area contributed by atoms with Crippen LogP contribution in [0.2, 0.25) is 0 Å². The Morgan fingerprint density at radius 1 is 1.18 bits per heavy atom. The second-order valence-electron chi connectivity index (χ2n) is 6.18. The summed E-state index contributed by atoms with van der Waals surface area (Å²) in [6.45, 7) is 0.726. The summed E-state index contributed by atoms with van der Waals surface area (Å²) in [7, 11) is 0. The van der Waals surface area contributed by atoms with Gasteiger partial charge in [-0.2, -0.15) is 11.8 Å². The summed E-state index contributed by atoms with van der Waals surface area (Å²) in [4.78, 5) is 14.5. The van der Waals surface area contributed by atoms with Crippen LogP contribution in [0.25, 0.3) is 0 Å². The van der Waals surface area contributed by atoms with E-state index in [4.69, 9.17) is 0 Å². The van der Waals surface area contributed by atoms with E-state index in [1.807, 2.05) is 16.7 Å². The molecule has 0 radical (unpaired) electrons. The molecule has 3 rings (SSSR count). The zero-order chi connectivity index (χ0) is 15.5. The normalized spacial score (nSPS) is 23.0. The van der Waals surface area contributed by atoms with Crippen LogP contribution in [0.3, 0.4) is 0 Å². The lowest BCUT2D eigenvalue weighted by molar-refractivity contribution is -0.133. The van der Waals surface area contributed by atoms with Gasteiger partial charge in [-0.25, -0.2) is 8.78 Å². The van der Waals surface area contributed by atoms with Gasteiger partial charge < -0.3 is 4.90 Å². The highest BCUT2D eigenvalue weighted by Gasteiger charge is 2.31. The van der Waals surface area contributed by atoms with E-state index in [0.717, 1.165) is 49.8 Å². The van der Waals surface area contributed by atoms with Crippen molar-refractivity contribution in [1.29, 1.82) is 0 Å². The third kappa shape index (κ3) is 3.45. The van der Waals surface area contributed by atoms with Crippen molar-refractivity contribution in [2.45, 2.75) is 38.1 Å². The highest BCUT2D eigenvalue weighted by molar-refractivity contribution is 7.99. The molecule has 2 saturated heterocycles. The molecule has 0 bridgehead atoms. The topological polar surface area (TPSA) is 20.3 Å². The van der Waals surface area contributed by atoms with Crippen LogP contribution in [-0.2, 0) is 4.79 Å². The summed E-state index contributed by atoms with van der Waals surface area (Å²) in [5.41, 5.74) is 0.712. The van der Waals surface area contributed by atoms with E-state index in [9.17, 15) is 13.6 Å². The SMILES string of the molecule is O=C(CC1CCSCC1)N1CCC[C@H]1c1ccc(F)c(F)c1. The van der Waals surface area contributed by atoms with Crippen LogP contribution >= 0.6 is 11.8 Å². The summed E-state index contributed by atoms with van der Waals surface area (Å²) >= 11 is 1.96. The van der Waals surface area contributed by atoms with Crippen molar-refractivity contribution in [2.24, 2.45) is 5.92 Å². The Bertz CT molecular complexity index is 545. The molecule has 1 aromatic rings. The van der Waals surface area contributed by atoms with Crippen LogP contribution < -0.4 is 0 Å². The fourth-order valence-corrected chi connectivity index (χ4v) is 4.65. The number of rotatable bonds is 3. The molecular formula is C17H21F2NOS. The van der Waals surface area contributed by atoms with Crippen molar-refractivity contribution in [1.82, 2.24) is 4.90 Å². The van der Waals surface area contributed by atoms with Crippen molar-refractivity contribution in [3.63, 3.8) is 0 Å². The Labute approximate surface area is 134 Å². The quantitative estimate of drug-likeness (QED) is 0.831.